The van der Waals surface area contributed by atoms with Gasteiger partial charge in [-0.05, 0) is 23.3 Å². The Bertz CT molecular complexity index is 1060. The second-order valence-electron chi connectivity index (χ2n) is 5.46. The molecular weight excluding hydrogens is 258 g/mol. The minimum absolute atomic E-state index is 0.135. The van der Waals surface area contributed by atoms with E-state index in [1.807, 2.05) is 42.5 Å². The number of ketones is 1. The Balaban J connectivity index is 2.02. The Morgan fingerprint density at radius 3 is 2.33 bits per heavy atom. The molecule has 2 heteroatoms. The van der Waals surface area contributed by atoms with Crippen LogP contribution >= 0.6 is 0 Å². The van der Waals surface area contributed by atoms with Gasteiger partial charge in [0.05, 0.1) is 0 Å². The number of rotatable bonds is 0. The molecule has 21 heavy (non-hydrogen) atoms. The quantitative estimate of drug-likeness (QED) is 0.440. The lowest BCUT2D eigenvalue weighted by Gasteiger charge is -2.01. The number of H-pyrrole nitrogens is 1. The Labute approximate surface area is 121 Å². The largest absolute Gasteiger partial charge is 0.354 e. The van der Waals surface area contributed by atoms with Crippen LogP contribution in [-0.2, 0) is 0 Å². The number of benzene rings is 3. The van der Waals surface area contributed by atoms with Crippen molar-refractivity contribution in [3.8, 4) is 11.1 Å². The van der Waals surface area contributed by atoms with Gasteiger partial charge in [0.25, 0.3) is 0 Å². The normalized spacial score (nSPS) is 12.9. The molecule has 1 aromatic heterocycles. The summed E-state index contributed by atoms with van der Waals surface area (Å²) in [4.78, 5) is 16.2. The molecule has 0 atom stereocenters. The number of carbonyl (C=O) groups is 1. The number of hydrogen-bond donors (Lipinski definition) is 1. The lowest BCUT2D eigenvalue weighted by atomic mass is 10.0. The molecule has 1 aliphatic carbocycles. The molecule has 98 valence electrons. The molecule has 1 aliphatic rings. The summed E-state index contributed by atoms with van der Waals surface area (Å²) in [5.74, 6) is 0.135. The van der Waals surface area contributed by atoms with Crippen LogP contribution in [0.1, 0.15) is 15.9 Å². The topological polar surface area (TPSA) is 32.9 Å². The van der Waals surface area contributed by atoms with Gasteiger partial charge in [0.2, 0.25) is 0 Å². The minimum atomic E-state index is 0.135. The fourth-order valence-electron chi connectivity index (χ4n) is 3.45. The number of para-hydroxylation sites is 1. The number of aromatic nitrogens is 1. The summed E-state index contributed by atoms with van der Waals surface area (Å²) in [5, 5.41) is 2.16. The molecule has 0 amide bonds. The molecule has 0 saturated carbocycles. The maximum Gasteiger partial charge on any atom is 0.194 e. The molecule has 1 N–H and O–H groups in total. The third-order valence-corrected chi connectivity index (χ3v) is 4.36. The van der Waals surface area contributed by atoms with E-state index >= 15 is 0 Å². The van der Waals surface area contributed by atoms with Crippen LogP contribution in [0.15, 0.2) is 60.7 Å². The summed E-state index contributed by atoms with van der Waals surface area (Å²) >= 11 is 0. The van der Waals surface area contributed by atoms with Gasteiger partial charge < -0.3 is 4.98 Å². The van der Waals surface area contributed by atoms with Gasteiger partial charge in [-0.1, -0.05) is 48.5 Å². The monoisotopic (exact) mass is 269 g/mol. The van der Waals surface area contributed by atoms with Crippen molar-refractivity contribution in [3.05, 3.63) is 71.8 Å². The second-order valence-corrected chi connectivity index (χ2v) is 5.46. The van der Waals surface area contributed by atoms with E-state index in [1.54, 1.807) is 0 Å². The lowest BCUT2D eigenvalue weighted by molar-refractivity contribution is 0.104. The molecule has 4 aromatic rings. The number of aromatic amines is 1. The molecule has 0 aliphatic heterocycles. The Morgan fingerprint density at radius 1 is 0.667 bits per heavy atom. The first-order valence-electron chi connectivity index (χ1n) is 7.02. The predicted octanol–water partition coefficient (Wildman–Crippen LogP) is 4.53. The van der Waals surface area contributed by atoms with Gasteiger partial charge in [0.1, 0.15) is 0 Å². The van der Waals surface area contributed by atoms with Gasteiger partial charge in [0, 0.05) is 32.9 Å². The third-order valence-electron chi connectivity index (χ3n) is 4.36. The lowest BCUT2D eigenvalue weighted by Crippen LogP contribution is -1.95. The van der Waals surface area contributed by atoms with Gasteiger partial charge in [-0.3, -0.25) is 4.79 Å². The molecule has 0 fully saturated rings. The average Bonchev–Trinajstić information content (AvgIpc) is 3.04. The second kappa shape index (κ2) is 3.61. The highest BCUT2D eigenvalue weighted by atomic mass is 16.1. The van der Waals surface area contributed by atoms with Crippen molar-refractivity contribution >= 4 is 27.6 Å². The molecule has 0 bridgehead atoms. The van der Waals surface area contributed by atoms with E-state index in [1.165, 1.54) is 0 Å². The Morgan fingerprint density at radius 2 is 1.43 bits per heavy atom. The van der Waals surface area contributed by atoms with Crippen molar-refractivity contribution in [2.75, 3.05) is 0 Å². The molecule has 1 heterocycles. The van der Waals surface area contributed by atoms with Crippen molar-refractivity contribution in [2.45, 2.75) is 0 Å². The average molecular weight is 269 g/mol. The molecule has 0 spiro atoms. The summed E-state index contributed by atoms with van der Waals surface area (Å²) in [6, 6.07) is 20.1. The third kappa shape index (κ3) is 1.24. The van der Waals surface area contributed by atoms with E-state index in [4.69, 9.17) is 0 Å². The van der Waals surface area contributed by atoms with Gasteiger partial charge in [-0.2, -0.15) is 0 Å². The van der Waals surface area contributed by atoms with E-state index in [-0.39, 0.29) is 5.78 Å². The van der Waals surface area contributed by atoms with Crippen LogP contribution < -0.4 is 0 Å². The van der Waals surface area contributed by atoms with E-state index in [2.05, 4.69) is 23.2 Å². The van der Waals surface area contributed by atoms with Crippen LogP contribution in [0.4, 0.5) is 0 Å². The van der Waals surface area contributed by atoms with Crippen molar-refractivity contribution < 1.29 is 4.79 Å². The van der Waals surface area contributed by atoms with Crippen molar-refractivity contribution in [1.82, 2.24) is 4.98 Å². The van der Waals surface area contributed by atoms with E-state index in [9.17, 15) is 4.79 Å². The minimum Gasteiger partial charge on any atom is -0.354 e. The summed E-state index contributed by atoms with van der Waals surface area (Å²) in [7, 11) is 0. The number of fused-ring (bicyclic) bond motifs is 7. The maximum atomic E-state index is 12.8. The SMILES string of the molecule is O=C1c2ccccc2-c2ccc3[nH]c4ccccc4c3c21. The molecule has 0 unspecified atom stereocenters. The summed E-state index contributed by atoms with van der Waals surface area (Å²) in [6.07, 6.45) is 0. The van der Waals surface area contributed by atoms with Crippen LogP contribution in [0.5, 0.6) is 0 Å². The first kappa shape index (κ1) is 10.9. The molecule has 0 saturated heterocycles. The molecular formula is C19H11NO. The van der Waals surface area contributed by atoms with Gasteiger partial charge in [-0.15, -0.1) is 0 Å². The van der Waals surface area contributed by atoms with Gasteiger partial charge in [-0.25, -0.2) is 0 Å². The highest BCUT2D eigenvalue weighted by Crippen LogP contribution is 2.42. The Hall–Kier alpha value is -2.87. The summed E-state index contributed by atoms with van der Waals surface area (Å²) in [5.41, 5.74) is 5.84. The van der Waals surface area contributed by atoms with Crippen molar-refractivity contribution in [1.29, 1.82) is 0 Å². The molecule has 0 radical (unpaired) electrons. The maximum absolute atomic E-state index is 12.8. The molecule has 2 nitrogen and oxygen atoms in total. The zero-order valence-electron chi connectivity index (χ0n) is 11.2. The van der Waals surface area contributed by atoms with Crippen LogP contribution in [0, 0.1) is 0 Å². The highest BCUT2D eigenvalue weighted by Gasteiger charge is 2.29. The Kier molecular flexibility index (Phi) is 1.87. The van der Waals surface area contributed by atoms with Crippen molar-refractivity contribution in [2.24, 2.45) is 0 Å². The fraction of sp³-hybridized carbons (Fsp3) is 0. The summed E-state index contributed by atoms with van der Waals surface area (Å²) in [6.45, 7) is 0. The highest BCUT2D eigenvalue weighted by molar-refractivity contribution is 6.30. The van der Waals surface area contributed by atoms with Crippen LogP contribution in [0.2, 0.25) is 0 Å². The van der Waals surface area contributed by atoms with E-state index in [0.29, 0.717) is 0 Å². The predicted molar refractivity (Wildman–Crippen MR) is 84.7 cm³/mol. The molecule has 5 rings (SSSR count). The van der Waals surface area contributed by atoms with Gasteiger partial charge >= 0.3 is 0 Å². The molecule has 3 aromatic carbocycles. The van der Waals surface area contributed by atoms with Crippen molar-refractivity contribution in [3.63, 3.8) is 0 Å². The van der Waals surface area contributed by atoms with Crippen LogP contribution in [0.3, 0.4) is 0 Å². The van der Waals surface area contributed by atoms with E-state index in [0.717, 1.165) is 44.1 Å². The van der Waals surface area contributed by atoms with E-state index < -0.39 is 0 Å². The fourth-order valence-corrected chi connectivity index (χ4v) is 3.45. The zero-order valence-corrected chi connectivity index (χ0v) is 11.2. The number of carbonyl (C=O) groups excluding carboxylic acids is 1. The summed E-state index contributed by atoms with van der Waals surface area (Å²) < 4.78 is 0. The van der Waals surface area contributed by atoms with Crippen LogP contribution in [0.25, 0.3) is 32.9 Å². The smallest absolute Gasteiger partial charge is 0.194 e. The van der Waals surface area contributed by atoms with Gasteiger partial charge in [0.15, 0.2) is 5.78 Å². The standard InChI is InChI=1S/C19H11NO/c21-19-13-6-2-1-5-11(13)12-9-10-16-17(18(12)19)14-7-3-4-8-15(14)20-16/h1-10,20H. The number of hydrogen-bond acceptors (Lipinski definition) is 1. The zero-order chi connectivity index (χ0) is 14.0. The number of nitrogens with one attached hydrogen (secondary N) is 1. The van der Waals surface area contributed by atoms with Crippen LogP contribution in [-0.4, -0.2) is 10.8 Å². The first-order valence-corrected chi connectivity index (χ1v) is 7.02. The first-order chi connectivity index (χ1) is 10.3.